The topological polar surface area (TPSA) is 167 Å². The van der Waals surface area contributed by atoms with Crippen LogP contribution in [-0.4, -0.2) is 75.4 Å². The van der Waals surface area contributed by atoms with Gasteiger partial charge in [0.05, 0.1) is 21.6 Å². The van der Waals surface area contributed by atoms with Crippen molar-refractivity contribution in [2.24, 2.45) is 5.41 Å². The molecule has 1 aromatic rings. The number of halogens is 4. The Hall–Kier alpha value is -1.43. The third-order valence-corrected chi connectivity index (χ3v) is 6.85. The number of urea groups is 1. The van der Waals surface area contributed by atoms with E-state index in [1.165, 1.54) is 13.3 Å². The van der Waals surface area contributed by atoms with Crippen LogP contribution >= 0.6 is 57.4 Å². The lowest BCUT2D eigenvalue weighted by Crippen LogP contribution is -2.63. The molecule has 0 radical (unpaired) electrons. The van der Waals surface area contributed by atoms with Crippen LogP contribution in [0.5, 0.6) is 0 Å². The zero-order chi connectivity index (χ0) is 27.9. The van der Waals surface area contributed by atoms with Crippen molar-refractivity contribution in [3.05, 3.63) is 30.6 Å². The fourth-order valence-corrected chi connectivity index (χ4v) is 4.29. The lowest BCUT2D eigenvalue weighted by molar-refractivity contribution is -0.174. The summed E-state index contributed by atoms with van der Waals surface area (Å²) in [6.45, 7) is 4.86. The molecule has 3 amide bonds. The molecule has 17 heteroatoms. The van der Waals surface area contributed by atoms with Crippen molar-refractivity contribution in [3.63, 3.8) is 0 Å². The normalized spacial score (nSPS) is 27.8. The number of hydrogen-bond acceptors (Lipinski definition) is 9. The van der Waals surface area contributed by atoms with Crippen LogP contribution in [0, 0.1) is 8.99 Å². The standard InChI is InChI=1S/C20H24Cl3IN4O9/c1-19(2,3)16(31)37-12-11-10(36-14(12)28-5-7(24)13(29)26-18(28)33)9(8(34-4)6-35-11)25-17(32)27-15(30)20(21,22)23/h5,8-12,14H,6H2,1-4H3,(H,26,29,33)(H2,25,27,30,32)/t8-,9-,10-,11-,12-,14-/m1/s1. The lowest BCUT2D eigenvalue weighted by atomic mass is 9.94. The number of carbonyl (C=O) groups is 3. The van der Waals surface area contributed by atoms with Crippen LogP contribution < -0.4 is 21.9 Å². The number of aromatic amines is 1. The van der Waals surface area contributed by atoms with Crippen molar-refractivity contribution in [1.82, 2.24) is 20.2 Å². The lowest BCUT2D eigenvalue weighted by Gasteiger charge is -2.39. The Kier molecular flexibility index (Phi) is 9.24. The number of imide groups is 1. The fraction of sp³-hybridized carbons (Fsp3) is 0.650. The van der Waals surface area contributed by atoms with Gasteiger partial charge in [0.15, 0.2) is 12.3 Å². The van der Waals surface area contributed by atoms with Crippen LogP contribution in [0.1, 0.15) is 27.0 Å². The molecule has 1 aromatic heterocycles. The first-order valence-corrected chi connectivity index (χ1v) is 13.0. The van der Waals surface area contributed by atoms with Gasteiger partial charge in [-0.3, -0.25) is 29.3 Å². The van der Waals surface area contributed by atoms with Crippen LogP contribution in [0.3, 0.4) is 0 Å². The Morgan fingerprint density at radius 2 is 1.84 bits per heavy atom. The van der Waals surface area contributed by atoms with Crippen molar-refractivity contribution < 1.29 is 33.3 Å². The minimum atomic E-state index is -2.39. The van der Waals surface area contributed by atoms with Gasteiger partial charge in [-0.2, -0.15) is 0 Å². The van der Waals surface area contributed by atoms with Crippen molar-refractivity contribution >= 4 is 75.3 Å². The van der Waals surface area contributed by atoms with E-state index in [1.54, 1.807) is 43.4 Å². The smallest absolute Gasteiger partial charge is 0.330 e. The number of H-pyrrole nitrogens is 1. The van der Waals surface area contributed by atoms with E-state index in [2.05, 4.69) is 10.3 Å². The number of ether oxygens (including phenoxy) is 4. The third-order valence-electron chi connectivity index (χ3n) is 5.57. The second kappa shape index (κ2) is 11.4. The molecule has 3 heterocycles. The summed E-state index contributed by atoms with van der Waals surface area (Å²) in [5.41, 5.74) is -2.33. The number of fused-ring (bicyclic) bond motifs is 1. The highest BCUT2D eigenvalue weighted by molar-refractivity contribution is 14.1. The van der Waals surface area contributed by atoms with E-state index in [1.807, 2.05) is 5.32 Å². The maximum atomic E-state index is 12.8. The van der Waals surface area contributed by atoms with Gasteiger partial charge >= 0.3 is 17.7 Å². The Balaban J connectivity index is 1.98. The summed E-state index contributed by atoms with van der Waals surface area (Å²) in [7, 11) is 1.37. The largest absolute Gasteiger partial charge is 0.454 e. The number of amides is 3. The summed E-state index contributed by atoms with van der Waals surface area (Å²) >= 11 is 18.3. The molecule has 3 N–H and O–H groups in total. The van der Waals surface area contributed by atoms with Gasteiger partial charge in [-0.1, -0.05) is 34.8 Å². The molecule has 0 unspecified atom stereocenters. The number of methoxy groups -OCH3 is 1. The fourth-order valence-electron chi connectivity index (χ4n) is 3.72. The molecule has 6 atom stereocenters. The molecule has 0 aromatic carbocycles. The van der Waals surface area contributed by atoms with Crippen LogP contribution in [0.2, 0.25) is 0 Å². The number of hydrogen-bond donors (Lipinski definition) is 3. The average Bonchev–Trinajstić information content (AvgIpc) is 3.13. The van der Waals surface area contributed by atoms with Gasteiger partial charge in [-0.15, -0.1) is 0 Å². The van der Waals surface area contributed by atoms with E-state index in [4.69, 9.17) is 53.8 Å². The summed E-state index contributed by atoms with van der Waals surface area (Å²) < 4.78 is 22.0. The number of nitrogens with zero attached hydrogens (tertiary/aromatic N) is 1. The molecule has 2 aliphatic heterocycles. The SMILES string of the molecule is CO[C@@H]1CO[C@@H]2[C@H](O[C@@H](n3cc(I)c(=O)[nH]c3=O)[C@@H]2OC(=O)C(C)(C)C)[C@@H]1NC(=O)NC(=O)C(Cl)(Cl)Cl. The highest BCUT2D eigenvalue weighted by Crippen LogP contribution is 2.39. The molecular formula is C20H24Cl3IN4O9. The minimum absolute atomic E-state index is 0.0707. The zero-order valence-corrected chi connectivity index (χ0v) is 24.3. The molecule has 0 bridgehead atoms. The van der Waals surface area contributed by atoms with Gasteiger partial charge in [-0.05, 0) is 43.4 Å². The van der Waals surface area contributed by atoms with E-state index in [9.17, 15) is 24.0 Å². The van der Waals surface area contributed by atoms with Crippen LogP contribution in [-0.2, 0) is 28.5 Å². The summed E-state index contributed by atoms with van der Waals surface area (Å²) in [6, 6.07) is -1.99. The first kappa shape index (κ1) is 30.1. The second-order valence-electron chi connectivity index (χ2n) is 9.28. The van der Waals surface area contributed by atoms with Crippen LogP contribution in [0.25, 0.3) is 0 Å². The van der Waals surface area contributed by atoms with Crippen molar-refractivity contribution in [3.8, 4) is 0 Å². The number of aromatic nitrogens is 2. The molecule has 3 rings (SSSR count). The van der Waals surface area contributed by atoms with Gasteiger partial charge in [0.2, 0.25) is 0 Å². The van der Waals surface area contributed by atoms with Crippen LogP contribution in [0.4, 0.5) is 4.79 Å². The number of nitrogens with one attached hydrogen (secondary N) is 3. The van der Waals surface area contributed by atoms with E-state index < -0.39 is 75.0 Å². The maximum absolute atomic E-state index is 12.8. The predicted octanol–water partition coefficient (Wildman–Crippen LogP) is 0.975. The molecule has 2 aliphatic rings. The molecule has 206 valence electrons. The highest BCUT2D eigenvalue weighted by atomic mass is 127. The molecule has 0 saturated carbocycles. The molecule has 0 aliphatic carbocycles. The van der Waals surface area contributed by atoms with Gasteiger partial charge in [0.1, 0.15) is 18.3 Å². The van der Waals surface area contributed by atoms with E-state index in [0.717, 1.165) is 4.57 Å². The summed E-state index contributed by atoms with van der Waals surface area (Å²) in [4.78, 5) is 64.0. The first-order chi connectivity index (χ1) is 17.0. The quantitative estimate of drug-likeness (QED) is 0.236. The first-order valence-electron chi connectivity index (χ1n) is 10.7. The van der Waals surface area contributed by atoms with Crippen molar-refractivity contribution in [1.29, 1.82) is 0 Å². The third kappa shape index (κ3) is 6.78. The molecule has 2 saturated heterocycles. The molecular weight excluding hydrogens is 674 g/mol. The minimum Gasteiger partial charge on any atom is -0.454 e. The number of alkyl halides is 3. The molecule has 37 heavy (non-hydrogen) atoms. The van der Waals surface area contributed by atoms with E-state index in [-0.39, 0.29) is 10.2 Å². The van der Waals surface area contributed by atoms with Gasteiger partial charge in [-0.25, -0.2) is 9.59 Å². The van der Waals surface area contributed by atoms with Gasteiger partial charge < -0.3 is 24.3 Å². The van der Waals surface area contributed by atoms with Gasteiger partial charge in [0.25, 0.3) is 15.3 Å². The Morgan fingerprint density at radius 1 is 1.19 bits per heavy atom. The zero-order valence-electron chi connectivity index (χ0n) is 19.9. The Bertz CT molecular complexity index is 1180. The monoisotopic (exact) mass is 696 g/mol. The highest BCUT2D eigenvalue weighted by Gasteiger charge is 2.57. The van der Waals surface area contributed by atoms with Crippen molar-refractivity contribution in [2.75, 3.05) is 13.7 Å². The Labute approximate surface area is 238 Å². The predicted molar refractivity (Wildman–Crippen MR) is 139 cm³/mol. The van der Waals surface area contributed by atoms with Crippen LogP contribution in [0.15, 0.2) is 15.8 Å². The Morgan fingerprint density at radius 3 is 2.41 bits per heavy atom. The molecule has 13 nitrogen and oxygen atoms in total. The van der Waals surface area contributed by atoms with E-state index in [0.29, 0.717) is 0 Å². The van der Waals surface area contributed by atoms with Crippen molar-refractivity contribution in [2.45, 2.75) is 61.2 Å². The number of rotatable bonds is 4. The molecule has 2 fully saturated rings. The summed E-state index contributed by atoms with van der Waals surface area (Å²) in [5, 5.41) is 4.44. The maximum Gasteiger partial charge on any atom is 0.330 e. The number of esters is 1. The average molecular weight is 698 g/mol. The molecule has 0 spiro atoms. The summed E-state index contributed by atoms with van der Waals surface area (Å²) in [6.07, 6.45) is -3.95. The van der Waals surface area contributed by atoms with Gasteiger partial charge in [0, 0.05) is 13.3 Å². The second-order valence-corrected chi connectivity index (χ2v) is 12.7. The van der Waals surface area contributed by atoms with E-state index >= 15 is 0 Å². The number of carbonyl (C=O) groups excluding carboxylic acids is 3. The summed E-state index contributed by atoms with van der Waals surface area (Å²) in [5.74, 6) is -1.80.